The van der Waals surface area contributed by atoms with Crippen molar-refractivity contribution in [2.75, 3.05) is 13.2 Å². The Morgan fingerprint density at radius 1 is 1.21 bits per heavy atom. The summed E-state index contributed by atoms with van der Waals surface area (Å²) in [6.45, 7) is 1.39. The number of aliphatic hydroxyl groups is 2. The Kier molecular flexibility index (Phi) is 8.81. The van der Waals surface area contributed by atoms with Crippen LogP contribution in [0.5, 0.6) is 5.75 Å². The average molecular weight is 568 g/mol. The Morgan fingerprint density at radius 3 is 2.55 bits per heavy atom. The second kappa shape index (κ2) is 11.6. The first-order chi connectivity index (χ1) is 15.8. The molecule has 0 bridgehead atoms. The third-order valence-electron chi connectivity index (χ3n) is 5.39. The van der Waals surface area contributed by atoms with Gasteiger partial charge in [-0.05, 0) is 58.5 Å². The maximum atomic E-state index is 13.3. The molecule has 0 aliphatic heterocycles. The second-order valence-corrected chi connectivity index (χ2v) is 8.88. The van der Waals surface area contributed by atoms with Gasteiger partial charge in [-0.15, -0.1) is 0 Å². The highest BCUT2D eigenvalue weighted by atomic mass is 127. The topological polar surface area (TPSA) is 99.1 Å². The third kappa shape index (κ3) is 6.52. The number of carbonyl (C=O) groups excluding carboxylic acids is 2. The summed E-state index contributed by atoms with van der Waals surface area (Å²) < 4.78 is 20.2. The number of hydrogen-bond acceptors (Lipinski definition) is 5. The first kappa shape index (κ1) is 25.1. The number of nitrogens with one attached hydrogen (secondary N) is 1. The standard InChI is InChI=1S/C24H26FIN2O5/c1-15(30)28(14-16-6-8-18(25)9-7-16)20-12-17(24(32)27-10-11-29)13-22(23(20)31)33-21-5-3-2-4-19(21)26/h2-9,13,20,22-23,29,31H,10-12,14H2,1H3,(H,27,32)/t20-,22+,23+/m1/s1. The summed E-state index contributed by atoms with van der Waals surface area (Å²) in [7, 11) is 0. The lowest BCUT2D eigenvalue weighted by Gasteiger charge is -2.40. The van der Waals surface area contributed by atoms with Crippen LogP contribution in [0.4, 0.5) is 4.39 Å². The van der Waals surface area contributed by atoms with Gasteiger partial charge in [-0.2, -0.15) is 0 Å². The van der Waals surface area contributed by atoms with Crippen LogP contribution in [0.15, 0.2) is 60.2 Å². The highest BCUT2D eigenvalue weighted by Gasteiger charge is 2.39. The van der Waals surface area contributed by atoms with Crippen LogP contribution >= 0.6 is 22.6 Å². The van der Waals surface area contributed by atoms with E-state index in [-0.39, 0.29) is 37.8 Å². The molecule has 0 spiro atoms. The fourth-order valence-electron chi connectivity index (χ4n) is 3.72. The molecular weight excluding hydrogens is 542 g/mol. The molecule has 3 N–H and O–H groups in total. The number of carbonyl (C=O) groups is 2. The molecule has 0 unspecified atom stereocenters. The summed E-state index contributed by atoms with van der Waals surface area (Å²) in [5.41, 5.74) is 1.04. The van der Waals surface area contributed by atoms with Crippen molar-refractivity contribution in [3.8, 4) is 5.75 Å². The highest BCUT2D eigenvalue weighted by molar-refractivity contribution is 14.1. The zero-order valence-electron chi connectivity index (χ0n) is 18.1. The molecule has 1 aliphatic carbocycles. The fourth-order valence-corrected chi connectivity index (χ4v) is 4.23. The van der Waals surface area contributed by atoms with E-state index in [0.29, 0.717) is 16.9 Å². The molecule has 9 heteroatoms. The molecule has 0 heterocycles. The van der Waals surface area contributed by atoms with Crippen LogP contribution in [0.25, 0.3) is 0 Å². The number of benzene rings is 2. The first-order valence-corrected chi connectivity index (χ1v) is 11.6. The van der Waals surface area contributed by atoms with Crippen molar-refractivity contribution < 1.29 is 28.9 Å². The quantitative estimate of drug-likeness (QED) is 0.425. The van der Waals surface area contributed by atoms with Gasteiger partial charge >= 0.3 is 0 Å². The van der Waals surface area contributed by atoms with Crippen molar-refractivity contribution in [1.29, 1.82) is 0 Å². The summed E-state index contributed by atoms with van der Waals surface area (Å²) in [4.78, 5) is 26.7. The van der Waals surface area contributed by atoms with Gasteiger partial charge in [-0.3, -0.25) is 9.59 Å². The van der Waals surface area contributed by atoms with Crippen LogP contribution in [0, 0.1) is 9.39 Å². The Hall–Kier alpha value is -2.50. The summed E-state index contributed by atoms with van der Waals surface area (Å²) in [5, 5.41) is 22.9. The van der Waals surface area contributed by atoms with Gasteiger partial charge in [-0.25, -0.2) is 4.39 Å². The third-order valence-corrected chi connectivity index (χ3v) is 6.28. The van der Waals surface area contributed by atoms with Gasteiger partial charge in [0.15, 0.2) is 0 Å². The lowest BCUT2D eigenvalue weighted by Crippen LogP contribution is -2.54. The number of aliphatic hydroxyl groups excluding tert-OH is 2. The number of ether oxygens (including phenoxy) is 1. The van der Waals surface area contributed by atoms with Crippen LogP contribution in [0.2, 0.25) is 0 Å². The molecule has 2 amide bonds. The van der Waals surface area contributed by atoms with Gasteiger partial charge < -0.3 is 25.2 Å². The minimum Gasteiger partial charge on any atom is -0.482 e. The summed E-state index contributed by atoms with van der Waals surface area (Å²) >= 11 is 2.12. The van der Waals surface area contributed by atoms with Gasteiger partial charge in [0.1, 0.15) is 23.8 Å². The average Bonchev–Trinajstić information content (AvgIpc) is 2.79. The smallest absolute Gasteiger partial charge is 0.247 e. The van der Waals surface area contributed by atoms with Crippen LogP contribution in [-0.4, -0.2) is 58.3 Å². The van der Waals surface area contributed by atoms with Crippen molar-refractivity contribution in [3.63, 3.8) is 0 Å². The number of rotatable bonds is 8. The minimum atomic E-state index is -1.11. The van der Waals surface area contributed by atoms with Gasteiger partial charge in [0.05, 0.1) is 16.2 Å². The zero-order chi connectivity index (χ0) is 24.0. The van der Waals surface area contributed by atoms with Crippen LogP contribution in [0.3, 0.4) is 0 Å². The number of para-hydroxylation sites is 1. The largest absolute Gasteiger partial charge is 0.482 e. The van der Waals surface area contributed by atoms with E-state index in [4.69, 9.17) is 9.84 Å². The molecule has 2 aromatic carbocycles. The van der Waals surface area contributed by atoms with Gasteiger partial charge in [0, 0.05) is 32.0 Å². The molecule has 0 fully saturated rings. The maximum Gasteiger partial charge on any atom is 0.247 e. The van der Waals surface area contributed by atoms with E-state index in [0.717, 1.165) is 3.57 Å². The van der Waals surface area contributed by atoms with Gasteiger partial charge in [-0.1, -0.05) is 24.3 Å². The van der Waals surface area contributed by atoms with Crippen molar-refractivity contribution >= 4 is 34.4 Å². The van der Waals surface area contributed by atoms with E-state index in [1.54, 1.807) is 30.3 Å². The maximum absolute atomic E-state index is 13.3. The zero-order valence-corrected chi connectivity index (χ0v) is 20.2. The fraction of sp³-hybridized carbons (Fsp3) is 0.333. The van der Waals surface area contributed by atoms with Crippen LogP contribution < -0.4 is 10.1 Å². The monoisotopic (exact) mass is 568 g/mol. The summed E-state index contributed by atoms with van der Waals surface area (Å²) in [6.07, 6.45) is -0.331. The van der Waals surface area contributed by atoms with Crippen molar-refractivity contribution in [3.05, 3.63) is 75.1 Å². The predicted octanol–water partition coefficient (Wildman–Crippen LogP) is 2.39. The molecule has 3 atom stereocenters. The number of amides is 2. The van der Waals surface area contributed by atoms with E-state index in [9.17, 15) is 19.1 Å². The van der Waals surface area contributed by atoms with Gasteiger partial charge in [0.25, 0.3) is 0 Å². The van der Waals surface area contributed by atoms with E-state index >= 15 is 0 Å². The molecule has 1 aliphatic rings. The Labute approximate surface area is 205 Å². The molecule has 0 saturated heterocycles. The van der Waals surface area contributed by atoms with Crippen molar-refractivity contribution in [1.82, 2.24) is 10.2 Å². The lowest BCUT2D eigenvalue weighted by molar-refractivity contribution is -0.137. The second-order valence-electron chi connectivity index (χ2n) is 7.72. The predicted molar refractivity (Wildman–Crippen MR) is 129 cm³/mol. The summed E-state index contributed by atoms with van der Waals surface area (Å²) in [5.74, 6) is -0.541. The van der Waals surface area contributed by atoms with Crippen molar-refractivity contribution in [2.24, 2.45) is 0 Å². The number of hydrogen-bond donors (Lipinski definition) is 3. The minimum absolute atomic E-state index is 0.0809. The van der Waals surface area contributed by atoms with Crippen LogP contribution in [-0.2, 0) is 16.1 Å². The van der Waals surface area contributed by atoms with E-state index in [1.165, 1.54) is 24.0 Å². The molecule has 176 valence electrons. The van der Waals surface area contributed by atoms with Gasteiger partial charge in [0.2, 0.25) is 11.8 Å². The molecule has 0 aromatic heterocycles. The molecule has 7 nitrogen and oxygen atoms in total. The Balaban J connectivity index is 1.92. The molecule has 3 rings (SSSR count). The van der Waals surface area contributed by atoms with E-state index in [2.05, 4.69) is 27.9 Å². The molecule has 0 saturated carbocycles. The molecular formula is C24H26FIN2O5. The number of halogens is 2. The van der Waals surface area contributed by atoms with E-state index < -0.39 is 24.2 Å². The van der Waals surface area contributed by atoms with Crippen molar-refractivity contribution in [2.45, 2.75) is 38.1 Å². The Bertz CT molecular complexity index is 1010. The Morgan fingerprint density at radius 2 is 1.91 bits per heavy atom. The van der Waals surface area contributed by atoms with Crippen LogP contribution in [0.1, 0.15) is 18.9 Å². The highest BCUT2D eigenvalue weighted by Crippen LogP contribution is 2.30. The molecule has 33 heavy (non-hydrogen) atoms. The SMILES string of the molecule is CC(=O)N(Cc1ccc(F)cc1)[C@@H]1CC(C(=O)NCCO)=C[C@H](Oc2ccccc2I)[C@H]1O. The molecule has 0 radical (unpaired) electrons. The van der Waals surface area contributed by atoms with E-state index in [1.807, 2.05) is 12.1 Å². The normalized spacial score (nSPS) is 20.0. The lowest BCUT2D eigenvalue weighted by atomic mass is 9.88. The summed E-state index contributed by atoms with van der Waals surface area (Å²) in [6, 6.07) is 12.3. The first-order valence-electron chi connectivity index (χ1n) is 10.5. The number of nitrogens with zero attached hydrogens (tertiary/aromatic N) is 1. The molecule has 2 aromatic rings.